The molecule has 0 aromatic heterocycles. The van der Waals surface area contributed by atoms with Gasteiger partial charge in [0.25, 0.3) is 0 Å². The molecule has 2 N–H and O–H groups in total. The second-order valence-corrected chi connectivity index (χ2v) is 11.6. The molecule has 2 heterocycles. The van der Waals surface area contributed by atoms with Crippen molar-refractivity contribution in [3.05, 3.63) is 53.8 Å². The Labute approximate surface area is 210 Å². The first-order valence-electron chi connectivity index (χ1n) is 12.3. The van der Waals surface area contributed by atoms with Crippen molar-refractivity contribution in [2.45, 2.75) is 48.7 Å². The summed E-state index contributed by atoms with van der Waals surface area (Å²) < 4.78 is 47.2. The van der Waals surface area contributed by atoms with Crippen LogP contribution in [0, 0.1) is 23.1 Å². The number of nitrogens with one attached hydrogen (secondary N) is 2. The summed E-state index contributed by atoms with van der Waals surface area (Å²) in [5.41, 5.74) is 1.60. The molecule has 0 unspecified atom stereocenters. The van der Waals surface area contributed by atoms with E-state index in [0.29, 0.717) is 55.0 Å². The van der Waals surface area contributed by atoms with E-state index in [4.69, 9.17) is 4.74 Å². The van der Waals surface area contributed by atoms with Crippen LogP contribution >= 0.6 is 0 Å². The van der Waals surface area contributed by atoms with Gasteiger partial charge in [-0.05, 0) is 60.1 Å². The van der Waals surface area contributed by atoms with E-state index in [1.807, 2.05) is 0 Å². The average molecular weight is 513 g/mol. The summed E-state index contributed by atoms with van der Waals surface area (Å²) in [6, 6.07) is 12.4. The van der Waals surface area contributed by atoms with Crippen LogP contribution in [0.3, 0.4) is 0 Å². The zero-order valence-electron chi connectivity index (χ0n) is 19.8. The molecule has 0 spiro atoms. The molecule has 1 aliphatic carbocycles. The Bertz CT molecular complexity index is 1270. The van der Waals surface area contributed by atoms with Gasteiger partial charge in [0.1, 0.15) is 11.9 Å². The van der Waals surface area contributed by atoms with Crippen LogP contribution in [0.1, 0.15) is 24.8 Å². The van der Waals surface area contributed by atoms with Gasteiger partial charge in [-0.1, -0.05) is 24.3 Å². The van der Waals surface area contributed by atoms with E-state index >= 15 is 0 Å². The SMILES string of the molecule is N#C[C@H](Cc1ccc(-c2ccc(S(=O)(=O)N3CCOCC3)cc2)cc1F)NC(=O)[C@H]1N[C@@H]2CC[C@H]1C2. The maximum absolute atomic E-state index is 15.0. The standard InChI is InChI=1S/C26H29FN4O4S/c27-24-15-18(17-4-7-23(8-5-17)36(33,34)31-9-11-35-12-10-31)1-2-19(24)13-22(16-28)30-26(32)25-20-3-6-21(14-20)29-25/h1-2,4-5,7-8,15,20-22,25,29H,3,6,9-14H2,(H,30,32)/t20-,21+,22-,25-/m0/s1. The van der Waals surface area contributed by atoms with E-state index in [1.165, 1.54) is 22.5 Å². The predicted octanol–water partition coefficient (Wildman–Crippen LogP) is 2.20. The normalized spacial score (nSPS) is 24.8. The fourth-order valence-electron chi connectivity index (χ4n) is 5.41. The molecule has 190 valence electrons. The zero-order valence-corrected chi connectivity index (χ0v) is 20.6. The minimum Gasteiger partial charge on any atom is -0.379 e. The zero-order chi connectivity index (χ0) is 25.3. The highest BCUT2D eigenvalue weighted by molar-refractivity contribution is 7.89. The Morgan fingerprint density at radius 3 is 2.50 bits per heavy atom. The van der Waals surface area contributed by atoms with Crippen molar-refractivity contribution in [1.29, 1.82) is 5.26 Å². The van der Waals surface area contributed by atoms with Crippen LogP contribution in [0.4, 0.5) is 4.39 Å². The van der Waals surface area contributed by atoms with Crippen LogP contribution in [-0.4, -0.2) is 63.1 Å². The number of morpholine rings is 1. The summed E-state index contributed by atoms with van der Waals surface area (Å²) in [6.07, 6.45) is 3.15. The van der Waals surface area contributed by atoms with Gasteiger partial charge in [0.2, 0.25) is 15.9 Å². The van der Waals surface area contributed by atoms with Crippen molar-refractivity contribution in [3.63, 3.8) is 0 Å². The molecular formula is C26H29FN4O4S. The molecule has 1 saturated carbocycles. The van der Waals surface area contributed by atoms with Crippen molar-refractivity contribution >= 4 is 15.9 Å². The molecule has 2 aromatic carbocycles. The third kappa shape index (κ3) is 5.02. The lowest BCUT2D eigenvalue weighted by Crippen LogP contribution is -2.50. The third-order valence-electron chi connectivity index (χ3n) is 7.39. The van der Waals surface area contributed by atoms with Crippen molar-refractivity contribution < 1.29 is 22.3 Å². The molecule has 36 heavy (non-hydrogen) atoms. The largest absolute Gasteiger partial charge is 0.379 e. The number of carbonyl (C=O) groups is 1. The number of carbonyl (C=O) groups excluding carboxylic acids is 1. The molecule has 5 rings (SSSR count). The van der Waals surface area contributed by atoms with Gasteiger partial charge in [-0.3, -0.25) is 4.79 Å². The number of ether oxygens (including phenoxy) is 1. The number of hydrogen-bond acceptors (Lipinski definition) is 6. The topological polar surface area (TPSA) is 112 Å². The molecule has 2 aliphatic heterocycles. The second-order valence-electron chi connectivity index (χ2n) is 9.66. The number of benzene rings is 2. The van der Waals surface area contributed by atoms with E-state index < -0.39 is 21.9 Å². The maximum Gasteiger partial charge on any atom is 0.243 e. The van der Waals surface area contributed by atoms with Crippen LogP contribution < -0.4 is 10.6 Å². The third-order valence-corrected chi connectivity index (χ3v) is 9.30. The molecular weight excluding hydrogens is 483 g/mol. The number of rotatable bonds is 7. The fourth-order valence-corrected chi connectivity index (χ4v) is 6.82. The van der Waals surface area contributed by atoms with Gasteiger partial charge in [-0.15, -0.1) is 0 Å². The van der Waals surface area contributed by atoms with Gasteiger partial charge in [-0.25, -0.2) is 12.8 Å². The predicted molar refractivity (Wildman–Crippen MR) is 131 cm³/mol. The quantitative estimate of drug-likeness (QED) is 0.589. The Kier molecular flexibility index (Phi) is 7.08. The number of amides is 1. The molecule has 3 fully saturated rings. The summed E-state index contributed by atoms with van der Waals surface area (Å²) in [5.74, 6) is -0.372. The first kappa shape index (κ1) is 24.8. The Morgan fingerprint density at radius 1 is 1.17 bits per heavy atom. The van der Waals surface area contributed by atoms with E-state index in [1.54, 1.807) is 24.3 Å². The molecule has 0 radical (unpaired) electrons. The van der Waals surface area contributed by atoms with Crippen LogP contribution in [0.15, 0.2) is 47.4 Å². The van der Waals surface area contributed by atoms with E-state index in [0.717, 1.165) is 19.3 Å². The lowest BCUT2D eigenvalue weighted by Gasteiger charge is -2.26. The van der Waals surface area contributed by atoms with E-state index in [2.05, 4.69) is 16.7 Å². The van der Waals surface area contributed by atoms with Gasteiger partial charge in [0.05, 0.1) is 30.2 Å². The maximum atomic E-state index is 15.0. The van der Waals surface area contributed by atoms with Crippen LogP contribution in [0.5, 0.6) is 0 Å². The molecule has 3 aliphatic rings. The van der Waals surface area contributed by atoms with Gasteiger partial charge < -0.3 is 15.4 Å². The van der Waals surface area contributed by atoms with Crippen molar-refractivity contribution in [2.75, 3.05) is 26.3 Å². The van der Waals surface area contributed by atoms with Gasteiger partial charge in [0.15, 0.2) is 0 Å². The van der Waals surface area contributed by atoms with Crippen LogP contribution in [-0.2, 0) is 26.0 Å². The summed E-state index contributed by atoms with van der Waals surface area (Å²) in [7, 11) is -3.60. The minimum atomic E-state index is -3.60. The molecule has 2 bridgehead atoms. The summed E-state index contributed by atoms with van der Waals surface area (Å²) in [6.45, 7) is 1.38. The number of halogens is 1. The summed E-state index contributed by atoms with van der Waals surface area (Å²) in [5, 5.41) is 15.6. The highest BCUT2D eigenvalue weighted by Crippen LogP contribution is 2.35. The van der Waals surface area contributed by atoms with Crippen molar-refractivity contribution in [2.24, 2.45) is 5.92 Å². The monoisotopic (exact) mass is 512 g/mol. The van der Waals surface area contributed by atoms with E-state index in [9.17, 15) is 22.9 Å². The fraction of sp³-hybridized carbons (Fsp3) is 0.462. The second kappa shape index (κ2) is 10.3. The Morgan fingerprint density at radius 2 is 1.89 bits per heavy atom. The molecule has 4 atom stereocenters. The number of sulfonamides is 1. The number of nitriles is 1. The van der Waals surface area contributed by atoms with E-state index in [-0.39, 0.29) is 23.3 Å². The van der Waals surface area contributed by atoms with Crippen LogP contribution in [0.25, 0.3) is 11.1 Å². The Balaban J connectivity index is 1.24. The highest BCUT2D eigenvalue weighted by Gasteiger charge is 2.43. The summed E-state index contributed by atoms with van der Waals surface area (Å²) >= 11 is 0. The number of hydrogen-bond donors (Lipinski definition) is 2. The number of nitrogens with zero attached hydrogens (tertiary/aromatic N) is 2. The Hall–Kier alpha value is -2.84. The number of piperidine rings is 1. The molecule has 2 saturated heterocycles. The molecule has 10 heteroatoms. The van der Waals surface area contributed by atoms with Crippen LogP contribution in [0.2, 0.25) is 0 Å². The average Bonchev–Trinajstić information content (AvgIpc) is 3.54. The highest BCUT2D eigenvalue weighted by atomic mass is 32.2. The summed E-state index contributed by atoms with van der Waals surface area (Å²) in [4.78, 5) is 12.8. The molecule has 2 aromatic rings. The lowest BCUT2D eigenvalue weighted by atomic mass is 9.98. The first-order valence-corrected chi connectivity index (χ1v) is 13.7. The lowest BCUT2D eigenvalue weighted by molar-refractivity contribution is -0.124. The van der Waals surface area contributed by atoms with Crippen molar-refractivity contribution in [3.8, 4) is 17.2 Å². The molecule has 1 amide bonds. The smallest absolute Gasteiger partial charge is 0.243 e. The van der Waals surface area contributed by atoms with Gasteiger partial charge >= 0.3 is 0 Å². The number of fused-ring (bicyclic) bond motifs is 2. The van der Waals surface area contributed by atoms with Gasteiger partial charge in [0, 0.05) is 25.6 Å². The minimum absolute atomic E-state index is 0.0614. The van der Waals surface area contributed by atoms with Gasteiger partial charge in [-0.2, -0.15) is 9.57 Å². The molecule has 8 nitrogen and oxygen atoms in total. The van der Waals surface area contributed by atoms with Crippen molar-refractivity contribution in [1.82, 2.24) is 14.9 Å². The first-order chi connectivity index (χ1) is 17.3.